The highest BCUT2D eigenvalue weighted by atomic mass is 16.5. The van der Waals surface area contributed by atoms with Crippen molar-refractivity contribution in [1.29, 1.82) is 5.26 Å². The molecule has 0 fully saturated rings. The zero-order valence-electron chi connectivity index (χ0n) is 10.1. The van der Waals surface area contributed by atoms with Crippen LogP contribution in [0.15, 0.2) is 18.2 Å². The maximum atomic E-state index is 11.8. The molecule has 1 atom stereocenters. The van der Waals surface area contributed by atoms with Gasteiger partial charge in [-0.15, -0.1) is 0 Å². The number of ketones is 1. The number of rotatable bonds is 5. The monoisotopic (exact) mass is 247 g/mol. The van der Waals surface area contributed by atoms with Gasteiger partial charge in [0.25, 0.3) is 0 Å². The number of methoxy groups -OCH3 is 1. The van der Waals surface area contributed by atoms with Gasteiger partial charge in [0.15, 0.2) is 5.78 Å². The minimum absolute atomic E-state index is 0.0907. The van der Waals surface area contributed by atoms with Crippen LogP contribution in [0.4, 0.5) is 0 Å². The number of hydrogen-bond donors (Lipinski definition) is 1. The molecule has 0 radical (unpaired) electrons. The Morgan fingerprint density at radius 3 is 2.67 bits per heavy atom. The van der Waals surface area contributed by atoms with E-state index in [1.54, 1.807) is 0 Å². The molecule has 0 aliphatic rings. The van der Waals surface area contributed by atoms with Crippen molar-refractivity contribution in [2.24, 2.45) is 5.92 Å². The Morgan fingerprint density at radius 1 is 1.50 bits per heavy atom. The van der Waals surface area contributed by atoms with Crippen molar-refractivity contribution < 1.29 is 19.4 Å². The van der Waals surface area contributed by atoms with Gasteiger partial charge in [-0.2, -0.15) is 5.26 Å². The lowest BCUT2D eigenvalue weighted by molar-refractivity contribution is -0.141. The average Bonchev–Trinajstić information content (AvgIpc) is 2.37. The second-order valence-electron chi connectivity index (χ2n) is 3.89. The van der Waals surface area contributed by atoms with Crippen LogP contribution in [0.25, 0.3) is 0 Å². The van der Waals surface area contributed by atoms with Gasteiger partial charge in [0.1, 0.15) is 11.8 Å². The van der Waals surface area contributed by atoms with Gasteiger partial charge in [0.2, 0.25) is 0 Å². The predicted octanol–water partition coefficient (Wildman–Crippen LogP) is 1.86. The number of nitriles is 1. The van der Waals surface area contributed by atoms with E-state index in [9.17, 15) is 9.59 Å². The number of Topliss-reactive ketones (excluding diaryl/α,β-unsaturated/α-hetero) is 1. The van der Waals surface area contributed by atoms with Crippen LogP contribution >= 0.6 is 0 Å². The van der Waals surface area contributed by atoms with Gasteiger partial charge in [-0.05, 0) is 18.2 Å². The third kappa shape index (κ3) is 3.08. The summed E-state index contributed by atoms with van der Waals surface area (Å²) < 4.78 is 4.96. The average molecular weight is 247 g/mol. The third-order valence-electron chi connectivity index (χ3n) is 2.56. The molecule has 0 aromatic heterocycles. The molecule has 0 spiro atoms. The fourth-order valence-electron chi connectivity index (χ4n) is 1.45. The Bertz CT molecular complexity index is 516. The summed E-state index contributed by atoms with van der Waals surface area (Å²) in [7, 11) is 1.43. The van der Waals surface area contributed by atoms with Crippen LogP contribution in [0.3, 0.4) is 0 Å². The van der Waals surface area contributed by atoms with Crippen molar-refractivity contribution in [3.05, 3.63) is 29.3 Å². The smallest absolute Gasteiger partial charge is 0.306 e. The van der Waals surface area contributed by atoms with E-state index in [0.717, 1.165) is 0 Å². The summed E-state index contributed by atoms with van der Waals surface area (Å²) in [6, 6.07) is 6.39. The number of ether oxygens (including phenoxy) is 1. The van der Waals surface area contributed by atoms with Crippen molar-refractivity contribution in [1.82, 2.24) is 0 Å². The fourth-order valence-corrected chi connectivity index (χ4v) is 1.45. The van der Waals surface area contributed by atoms with Crippen LogP contribution in [0, 0.1) is 17.2 Å². The molecule has 1 unspecified atom stereocenters. The lowest BCUT2D eigenvalue weighted by Crippen LogP contribution is -2.14. The second kappa shape index (κ2) is 5.82. The number of carboxylic acids is 1. The zero-order valence-corrected chi connectivity index (χ0v) is 10.1. The van der Waals surface area contributed by atoms with Gasteiger partial charge in [0, 0.05) is 12.0 Å². The normalized spacial score (nSPS) is 11.4. The molecule has 1 N–H and O–H groups in total. The Hall–Kier alpha value is -2.35. The molecule has 0 bridgehead atoms. The molecule has 0 saturated heterocycles. The quantitative estimate of drug-likeness (QED) is 0.802. The zero-order chi connectivity index (χ0) is 13.7. The number of carboxylic acid groups (broad SMARTS) is 1. The van der Waals surface area contributed by atoms with Crippen LogP contribution in [0.5, 0.6) is 5.75 Å². The standard InChI is InChI=1S/C13H13NO4/c1-8(13(16)17)5-11(15)9-3-4-12(18-2)10(6-9)7-14/h3-4,6,8H,5H2,1-2H3,(H,16,17). The number of hydrogen-bond acceptors (Lipinski definition) is 4. The number of carbonyl (C=O) groups is 2. The first-order chi connectivity index (χ1) is 8.49. The predicted molar refractivity (Wildman–Crippen MR) is 63.5 cm³/mol. The van der Waals surface area contributed by atoms with E-state index < -0.39 is 11.9 Å². The van der Waals surface area contributed by atoms with Gasteiger partial charge >= 0.3 is 5.97 Å². The summed E-state index contributed by atoms with van der Waals surface area (Å²) in [5, 5.41) is 17.6. The van der Waals surface area contributed by atoms with Gasteiger partial charge in [0.05, 0.1) is 18.6 Å². The second-order valence-corrected chi connectivity index (χ2v) is 3.89. The van der Waals surface area contributed by atoms with Gasteiger partial charge in [-0.1, -0.05) is 6.92 Å². The van der Waals surface area contributed by atoms with E-state index in [-0.39, 0.29) is 17.8 Å². The molecule has 1 rings (SSSR count). The lowest BCUT2D eigenvalue weighted by Gasteiger charge is -2.07. The van der Waals surface area contributed by atoms with Crippen LogP contribution in [0.2, 0.25) is 0 Å². The summed E-state index contributed by atoms with van der Waals surface area (Å²) in [5.41, 5.74) is 0.576. The topological polar surface area (TPSA) is 87.4 Å². The molecule has 18 heavy (non-hydrogen) atoms. The van der Waals surface area contributed by atoms with Crippen LogP contribution < -0.4 is 4.74 Å². The Kier molecular flexibility index (Phi) is 4.44. The van der Waals surface area contributed by atoms with Crippen molar-refractivity contribution >= 4 is 11.8 Å². The third-order valence-corrected chi connectivity index (χ3v) is 2.56. The molecule has 0 aliphatic carbocycles. The SMILES string of the molecule is COc1ccc(C(=O)CC(C)C(=O)O)cc1C#N. The first kappa shape index (κ1) is 13.7. The summed E-state index contributed by atoms with van der Waals surface area (Å²) in [5.74, 6) is -1.67. The van der Waals surface area contributed by atoms with E-state index in [0.29, 0.717) is 11.3 Å². The van der Waals surface area contributed by atoms with Crippen molar-refractivity contribution in [2.75, 3.05) is 7.11 Å². The molecule has 0 saturated carbocycles. The maximum Gasteiger partial charge on any atom is 0.306 e. The summed E-state index contributed by atoms with van der Waals surface area (Å²) >= 11 is 0. The van der Waals surface area contributed by atoms with E-state index in [4.69, 9.17) is 15.1 Å². The highest BCUT2D eigenvalue weighted by Gasteiger charge is 2.18. The minimum atomic E-state index is -1.02. The molecule has 0 aliphatic heterocycles. The Labute approximate surface area is 105 Å². The summed E-state index contributed by atoms with van der Waals surface area (Å²) in [6.07, 6.45) is -0.0907. The van der Waals surface area contributed by atoms with Crippen LogP contribution in [-0.2, 0) is 4.79 Å². The Morgan fingerprint density at radius 2 is 2.17 bits per heavy atom. The highest BCUT2D eigenvalue weighted by molar-refractivity contribution is 5.98. The molecule has 0 amide bonds. The van der Waals surface area contributed by atoms with E-state index >= 15 is 0 Å². The van der Waals surface area contributed by atoms with Gasteiger partial charge in [-0.25, -0.2) is 0 Å². The number of benzene rings is 1. The van der Waals surface area contributed by atoms with Gasteiger partial charge in [-0.3, -0.25) is 9.59 Å². The summed E-state index contributed by atoms with van der Waals surface area (Å²) in [4.78, 5) is 22.5. The number of carbonyl (C=O) groups excluding carboxylic acids is 1. The first-order valence-corrected chi connectivity index (χ1v) is 5.33. The van der Waals surface area contributed by atoms with E-state index in [2.05, 4.69) is 0 Å². The number of nitrogens with zero attached hydrogens (tertiary/aromatic N) is 1. The molecule has 5 heteroatoms. The Balaban J connectivity index is 2.94. The van der Waals surface area contributed by atoms with Crippen LogP contribution in [0.1, 0.15) is 29.3 Å². The molecular weight excluding hydrogens is 234 g/mol. The van der Waals surface area contributed by atoms with Gasteiger partial charge < -0.3 is 9.84 Å². The molecule has 94 valence electrons. The largest absolute Gasteiger partial charge is 0.495 e. The minimum Gasteiger partial charge on any atom is -0.495 e. The molecule has 1 aromatic carbocycles. The maximum absolute atomic E-state index is 11.8. The highest BCUT2D eigenvalue weighted by Crippen LogP contribution is 2.20. The molecule has 5 nitrogen and oxygen atoms in total. The fraction of sp³-hybridized carbons (Fsp3) is 0.308. The molecule has 0 heterocycles. The molecule has 1 aromatic rings. The summed E-state index contributed by atoms with van der Waals surface area (Å²) in [6.45, 7) is 1.47. The van der Waals surface area contributed by atoms with E-state index in [1.807, 2.05) is 6.07 Å². The lowest BCUT2D eigenvalue weighted by atomic mass is 9.98. The van der Waals surface area contributed by atoms with Crippen LogP contribution in [-0.4, -0.2) is 24.0 Å². The van der Waals surface area contributed by atoms with Crippen molar-refractivity contribution in [3.8, 4) is 11.8 Å². The molecular formula is C13H13NO4. The first-order valence-electron chi connectivity index (χ1n) is 5.33. The van der Waals surface area contributed by atoms with Crippen molar-refractivity contribution in [3.63, 3.8) is 0 Å². The number of aliphatic carboxylic acids is 1. The van der Waals surface area contributed by atoms with Crippen molar-refractivity contribution in [2.45, 2.75) is 13.3 Å². The van der Waals surface area contributed by atoms with E-state index in [1.165, 1.54) is 32.2 Å².